The Kier molecular flexibility index (Phi) is 1.54. The van der Waals surface area contributed by atoms with Crippen LogP contribution in [0.3, 0.4) is 0 Å². The number of nitrogens with zero attached hydrogens (tertiary/aromatic N) is 4. The predicted octanol–water partition coefficient (Wildman–Crippen LogP) is 0.0958. The number of nitrogen functional groups attached to an aromatic ring is 1. The maximum atomic E-state index is 5.75. The molecule has 0 aromatic carbocycles. The lowest BCUT2D eigenvalue weighted by atomic mass is 10.4. The van der Waals surface area contributed by atoms with Crippen LogP contribution in [0.1, 0.15) is 5.82 Å². The van der Waals surface area contributed by atoms with E-state index in [0.717, 1.165) is 5.82 Å². The van der Waals surface area contributed by atoms with Gasteiger partial charge in [0.2, 0.25) is 5.82 Å². The van der Waals surface area contributed by atoms with Crippen molar-refractivity contribution in [2.24, 2.45) is 7.05 Å². The topological polar surface area (TPSA) is 85.4 Å². The van der Waals surface area contributed by atoms with E-state index in [1.54, 1.807) is 10.9 Å². The SMILES string of the molecule is Cc1nc(-c2ncn(C)c2N)n[nH]1. The van der Waals surface area contributed by atoms with Crippen molar-refractivity contribution in [3.05, 3.63) is 12.2 Å². The first-order valence-corrected chi connectivity index (χ1v) is 3.84. The highest BCUT2D eigenvalue weighted by atomic mass is 15.2. The molecule has 3 N–H and O–H groups in total. The molecule has 0 atom stereocenters. The summed E-state index contributed by atoms with van der Waals surface area (Å²) in [6.45, 7) is 1.83. The summed E-state index contributed by atoms with van der Waals surface area (Å²) >= 11 is 0. The van der Waals surface area contributed by atoms with Gasteiger partial charge in [0.1, 0.15) is 11.6 Å². The van der Waals surface area contributed by atoms with Gasteiger partial charge < -0.3 is 10.3 Å². The lowest BCUT2D eigenvalue weighted by Gasteiger charge is -1.93. The van der Waals surface area contributed by atoms with Crippen LogP contribution in [-0.2, 0) is 7.05 Å². The average molecular weight is 178 g/mol. The molecular formula is C7H10N6. The van der Waals surface area contributed by atoms with E-state index < -0.39 is 0 Å². The smallest absolute Gasteiger partial charge is 0.203 e. The van der Waals surface area contributed by atoms with E-state index in [9.17, 15) is 0 Å². The van der Waals surface area contributed by atoms with Crippen LogP contribution < -0.4 is 5.73 Å². The van der Waals surface area contributed by atoms with Gasteiger partial charge in [-0.3, -0.25) is 5.10 Å². The Bertz CT molecular complexity index is 426. The Morgan fingerprint density at radius 2 is 2.31 bits per heavy atom. The fourth-order valence-corrected chi connectivity index (χ4v) is 1.06. The summed E-state index contributed by atoms with van der Waals surface area (Å²) < 4.78 is 1.72. The molecule has 0 saturated heterocycles. The fraction of sp³-hybridized carbons (Fsp3) is 0.286. The number of H-pyrrole nitrogens is 1. The molecule has 0 bridgehead atoms. The molecule has 0 fully saturated rings. The molecule has 13 heavy (non-hydrogen) atoms. The van der Waals surface area contributed by atoms with E-state index in [-0.39, 0.29) is 0 Å². The van der Waals surface area contributed by atoms with Crippen molar-refractivity contribution in [1.29, 1.82) is 0 Å². The summed E-state index contributed by atoms with van der Waals surface area (Å²) in [5, 5.41) is 6.71. The summed E-state index contributed by atoms with van der Waals surface area (Å²) in [6.07, 6.45) is 1.64. The molecule has 2 rings (SSSR count). The Morgan fingerprint density at radius 1 is 1.54 bits per heavy atom. The van der Waals surface area contributed by atoms with Gasteiger partial charge in [-0.05, 0) is 6.92 Å². The lowest BCUT2D eigenvalue weighted by molar-refractivity contribution is 0.925. The first-order chi connectivity index (χ1) is 6.18. The van der Waals surface area contributed by atoms with Crippen LogP contribution in [0, 0.1) is 6.92 Å². The molecule has 0 radical (unpaired) electrons. The molecule has 0 unspecified atom stereocenters. The number of aryl methyl sites for hydroxylation is 2. The molecule has 0 spiro atoms. The largest absolute Gasteiger partial charge is 0.383 e. The third-order valence-corrected chi connectivity index (χ3v) is 1.79. The molecule has 0 saturated carbocycles. The minimum Gasteiger partial charge on any atom is -0.383 e. The Hall–Kier alpha value is -1.85. The zero-order chi connectivity index (χ0) is 9.42. The number of anilines is 1. The van der Waals surface area contributed by atoms with Gasteiger partial charge in [-0.15, -0.1) is 0 Å². The normalized spacial score (nSPS) is 10.6. The number of rotatable bonds is 1. The quantitative estimate of drug-likeness (QED) is 0.648. The zero-order valence-electron chi connectivity index (χ0n) is 7.44. The number of imidazole rings is 1. The van der Waals surface area contributed by atoms with Gasteiger partial charge in [0, 0.05) is 7.05 Å². The molecule has 0 aliphatic carbocycles. The van der Waals surface area contributed by atoms with Gasteiger partial charge in [-0.2, -0.15) is 5.10 Å². The van der Waals surface area contributed by atoms with Crippen molar-refractivity contribution in [1.82, 2.24) is 24.7 Å². The number of aromatic nitrogens is 5. The van der Waals surface area contributed by atoms with Crippen molar-refractivity contribution in [3.63, 3.8) is 0 Å². The van der Waals surface area contributed by atoms with Gasteiger partial charge in [-0.25, -0.2) is 9.97 Å². The molecule has 68 valence electrons. The second-order valence-electron chi connectivity index (χ2n) is 2.83. The highest BCUT2D eigenvalue weighted by molar-refractivity contribution is 5.63. The highest BCUT2D eigenvalue weighted by Gasteiger charge is 2.11. The first kappa shape index (κ1) is 7.78. The molecule has 0 aliphatic rings. The van der Waals surface area contributed by atoms with Gasteiger partial charge in [-0.1, -0.05) is 0 Å². The maximum absolute atomic E-state index is 5.75. The summed E-state index contributed by atoms with van der Waals surface area (Å²) in [7, 11) is 1.82. The molecule has 2 heterocycles. The van der Waals surface area contributed by atoms with Crippen molar-refractivity contribution >= 4 is 5.82 Å². The molecule has 2 aromatic rings. The molecule has 2 aromatic heterocycles. The highest BCUT2D eigenvalue weighted by Crippen LogP contribution is 2.18. The number of hydrogen-bond acceptors (Lipinski definition) is 4. The van der Waals surface area contributed by atoms with Crippen LogP contribution in [0.15, 0.2) is 6.33 Å². The average Bonchev–Trinajstić information content (AvgIpc) is 2.62. The second kappa shape index (κ2) is 2.58. The molecule has 0 aliphatic heterocycles. The second-order valence-corrected chi connectivity index (χ2v) is 2.83. The number of nitrogens with two attached hydrogens (primary N) is 1. The van der Waals surface area contributed by atoms with Gasteiger partial charge in [0.25, 0.3) is 0 Å². The standard InChI is InChI=1S/C7H10N6/c1-4-10-7(12-11-4)5-6(8)13(2)3-9-5/h3H,8H2,1-2H3,(H,10,11,12). The minimum absolute atomic E-state index is 0.538. The Morgan fingerprint density at radius 3 is 2.77 bits per heavy atom. The summed E-state index contributed by atoms with van der Waals surface area (Å²) in [5.41, 5.74) is 6.37. The van der Waals surface area contributed by atoms with Crippen LogP contribution in [0.5, 0.6) is 0 Å². The van der Waals surface area contributed by atoms with Gasteiger partial charge in [0.15, 0.2) is 5.69 Å². The van der Waals surface area contributed by atoms with Gasteiger partial charge in [0.05, 0.1) is 6.33 Å². The van der Waals surface area contributed by atoms with E-state index in [1.165, 1.54) is 0 Å². The zero-order valence-corrected chi connectivity index (χ0v) is 7.44. The lowest BCUT2D eigenvalue weighted by Crippen LogP contribution is -1.96. The molecule has 0 amide bonds. The van der Waals surface area contributed by atoms with Crippen LogP contribution in [-0.4, -0.2) is 24.7 Å². The third-order valence-electron chi connectivity index (χ3n) is 1.79. The van der Waals surface area contributed by atoms with Crippen molar-refractivity contribution in [2.75, 3.05) is 5.73 Å². The van der Waals surface area contributed by atoms with E-state index in [0.29, 0.717) is 17.3 Å². The molecule has 6 nitrogen and oxygen atoms in total. The van der Waals surface area contributed by atoms with E-state index >= 15 is 0 Å². The van der Waals surface area contributed by atoms with E-state index in [4.69, 9.17) is 5.73 Å². The molecule has 6 heteroatoms. The fourth-order valence-electron chi connectivity index (χ4n) is 1.06. The van der Waals surface area contributed by atoms with Crippen LogP contribution >= 0.6 is 0 Å². The predicted molar refractivity (Wildman–Crippen MR) is 47.7 cm³/mol. The number of hydrogen-bond donors (Lipinski definition) is 2. The monoisotopic (exact) mass is 178 g/mol. The van der Waals surface area contributed by atoms with Crippen molar-refractivity contribution in [2.45, 2.75) is 6.92 Å². The Labute approximate surface area is 74.8 Å². The van der Waals surface area contributed by atoms with Gasteiger partial charge >= 0.3 is 0 Å². The summed E-state index contributed by atoms with van der Waals surface area (Å²) in [4.78, 5) is 8.22. The first-order valence-electron chi connectivity index (χ1n) is 3.84. The minimum atomic E-state index is 0.538. The number of aromatic amines is 1. The summed E-state index contributed by atoms with van der Waals surface area (Å²) in [6, 6.07) is 0. The van der Waals surface area contributed by atoms with Crippen molar-refractivity contribution in [3.8, 4) is 11.5 Å². The Balaban J connectivity index is 2.52. The summed E-state index contributed by atoms with van der Waals surface area (Å²) in [5.74, 6) is 1.86. The third kappa shape index (κ3) is 1.16. The van der Waals surface area contributed by atoms with Crippen LogP contribution in [0.2, 0.25) is 0 Å². The van der Waals surface area contributed by atoms with E-state index in [1.807, 2.05) is 14.0 Å². The van der Waals surface area contributed by atoms with Crippen molar-refractivity contribution < 1.29 is 0 Å². The van der Waals surface area contributed by atoms with Crippen LogP contribution in [0.25, 0.3) is 11.5 Å². The maximum Gasteiger partial charge on any atom is 0.203 e. The number of nitrogens with one attached hydrogen (secondary N) is 1. The molecular weight excluding hydrogens is 168 g/mol. The van der Waals surface area contributed by atoms with E-state index in [2.05, 4.69) is 20.2 Å². The van der Waals surface area contributed by atoms with Crippen LogP contribution in [0.4, 0.5) is 5.82 Å².